The van der Waals surface area contributed by atoms with E-state index < -0.39 is 0 Å². The molecule has 0 aliphatic rings. The molecule has 19 heavy (non-hydrogen) atoms. The third kappa shape index (κ3) is 2.86. The van der Waals surface area contributed by atoms with Crippen LogP contribution in [0.3, 0.4) is 0 Å². The number of carbonyl (C=O) groups excluding carboxylic acids is 1. The van der Waals surface area contributed by atoms with Crippen LogP contribution in [0.15, 0.2) is 22.6 Å². The smallest absolute Gasteiger partial charge is 0.198 e. The molecule has 0 N–H and O–H groups in total. The van der Waals surface area contributed by atoms with Gasteiger partial charge in [0.05, 0.1) is 0 Å². The summed E-state index contributed by atoms with van der Waals surface area (Å²) < 4.78 is 18.8. The number of furan rings is 1. The maximum Gasteiger partial charge on any atom is 0.198 e. The molecule has 2 rings (SSSR count). The van der Waals surface area contributed by atoms with Crippen molar-refractivity contribution < 1.29 is 13.6 Å². The maximum absolute atomic E-state index is 13.2. The first kappa shape index (κ1) is 13.8. The van der Waals surface area contributed by atoms with Crippen LogP contribution in [0.5, 0.6) is 0 Å². The van der Waals surface area contributed by atoms with Gasteiger partial charge < -0.3 is 4.42 Å². The summed E-state index contributed by atoms with van der Waals surface area (Å²) >= 11 is 0. The average molecular weight is 262 g/mol. The predicted octanol–water partition coefficient (Wildman–Crippen LogP) is 4.89. The van der Waals surface area contributed by atoms with Crippen LogP contribution < -0.4 is 0 Å². The van der Waals surface area contributed by atoms with Crippen LogP contribution >= 0.6 is 0 Å². The van der Waals surface area contributed by atoms with E-state index in [1.54, 1.807) is 6.07 Å². The van der Waals surface area contributed by atoms with E-state index in [1.807, 2.05) is 6.92 Å². The van der Waals surface area contributed by atoms with E-state index in [2.05, 4.69) is 13.8 Å². The lowest BCUT2D eigenvalue weighted by atomic mass is 9.97. The highest BCUT2D eigenvalue weighted by Crippen LogP contribution is 2.28. The van der Waals surface area contributed by atoms with Crippen LogP contribution in [-0.2, 0) is 0 Å². The summed E-state index contributed by atoms with van der Waals surface area (Å²) in [5.74, 6) is 0.426. The van der Waals surface area contributed by atoms with Gasteiger partial charge in [0.2, 0.25) is 0 Å². The SMILES string of the molecule is CCCC(C)CC(=O)c1oc2ccc(F)cc2c1C. The summed E-state index contributed by atoms with van der Waals surface area (Å²) in [7, 11) is 0. The first-order valence-electron chi connectivity index (χ1n) is 6.74. The molecule has 1 aromatic heterocycles. The second kappa shape index (κ2) is 5.55. The van der Waals surface area contributed by atoms with E-state index in [9.17, 15) is 9.18 Å². The molecule has 0 saturated heterocycles. The fraction of sp³-hybridized carbons (Fsp3) is 0.438. The van der Waals surface area contributed by atoms with Crippen molar-refractivity contribution in [1.82, 2.24) is 0 Å². The molecule has 102 valence electrons. The molecule has 0 bridgehead atoms. The van der Waals surface area contributed by atoms with Crippen molar-refractivity contribution in [1.29, 1.82) is 0 Å². The van der Waals surface area contributed by atoms with E-state index in [0.717, 1.165) is 18.4 Å². The van der Waals surface area contributed by atoms with Crippen molar-refractivity contribution in [2.45, 2.75) is 40.0 Å². The van der Waals surface area contributed by atoms with Gasteiger partial charge in [-0.2, -0.15) is 0 Å². The Morgan fingerprint density at radius 2 is 2.16 bits per heavy atom. The van der Waals surface area contributed by atoms with Crippen molar-refractivity contribution in [2.75, 3.05) is 0 Å². The number of rotatable bonds is 5. The Hall–Kier alpha value is -1.64. The van der Waals surface area contributed by atoms with Gasteiger partial charge in [0, 0.05) is 17.4 Å². The highest BCUT2D eigenvalue weighted by atomic mass is 19.1. The fourth-order valence-corrected chi connectivity index (χ4v) is 2.46. The zero-order valence-corrected chi connectivity index (χ0v) is 11.6. The number of fused-ring (bicyclic) bond motifs is 1. The Morgan fingerprint density at radius 1 is 1.42 bits per heavy atom. The Bertz CT molecular complexity index is 598. The predicted molar refractivity (Wildman–Crippen MR) is 73.9 cm³/mol. The lowest BCUT2D eigenvalue weighted by Crippen LogP contribution is -2.06. The quantitative estimate of drug-likeness (QED) is 0.718. The Kier molecular flexibility index (Phi) is 4.03. The number of ketones is 1. The minimum Gasteiger partial charge on any atom is -0.453 e. The van der Waals surface area contributed by atoms with E-state index in [1.165, 1.54) is 12.1 Å². The molecule has 0 saturated carbocycles. The summed E-state index contributed by atoms with van der Waals surface area (Å²) in [4.78, 5) is 12.2. The zero-order valence-electron chi connectivity index (χ0n) is 11.6. The number of aryl methyl sites for hydroxylation is 1. The molecule has 3 heteroatoms. The van der Waals surface area contributed by atoms with Gasteiger partial charge in [-0.05, 0) is 31.0 Å². The van der Waals surface area contributed by atoms with E-state index in [4.69, 9.17) is 4.42 Å². The molecular formula is C16H19FO2. The molecule has 0 aliphatic carbocycles. The largest absolute Gasteiger partial charge is 0.453 e. The minimum atomic E-state index is -0.310. The Labute approximate surface area is 112 Å². The molecule has 1 atom stereocenters. The highest BCUT2D eigenvalue weighted by molar-refractivity contribution is 6.00. The van der Waals surface area contributed by atoms with E-state index in [0.29, 0.717) is 29.1 Å². The highest BCUT2D eigenvalue weighted by Gasteiger charge is 2.19. The summed E-state index contributed by atoms with van der Waals surface area (Å²) in [5.41, 5.74) is 1.31. The minimum absolute atomic E-state index is 0.00931. The maximum atomic E-state index is 13.2. The molecule has 0 spiro atoms. The number of Topliss-reactive ketones (excluding diaryl/α,β-unsaturated/α-hetero) is 1. The van der Waals surface area contributed by atoms with Crippen molar-refractivity contribution in [3.63, 3.8) is 0 Å². The zero-order chi connectivity index (χ0) is 14.0. The van der Waals surface area contributed by atoms with Crippen molar-refractivity contribution in [3.05, 3.63) is 35.3 Å². The monoisotopic (exact) mass is 262 g/mol. The molecule has 1 heterocycles. The van der Waals surface area contributed by atoms with Gasteiger partial charge in [-0.25, -0.2) is 4.39 Å². The van der Waals surface area contributed by atoms with Crippen LogP contribution in [-0.4, -0.2) is 5.78 Å². The van der Waals surface area contributed by atoms with Crippen LogP contribution in [0.1, 0.15) is 49.2 Å². The number of hydrogen-bond donors (Lipinski definition) is 0. The van der Waals surface area contributed by atoms with Crippen LogP contribution in [0, 0.1) is 18.7 Å². The summed E-state index contributed by atoms with van der Waals surface area (Å²) in [6, 6.07) is 4.34. The van der Waals surface area contributed by atoms with Crippen LogP contribution in [0.2, 0.25) is 0 Å². The Balaban J connectivity index is 2.30. The second-order valence-electron chi connectivity index (χ2n) is 5.22. The molecule has 0 aliphatic heterocycles. The van der Waals surface area contributed by atoms with Crippen molar-refractivity contribution in [3.8, 4) is 0 Å². The van der Waals surface area contributed by atoms with Crippen molar-refractivity contribution in [2.24, 2.45) is 5.92 Å². The normalized spacial score (nSPS) is 12.8. The van der Waals surface area contributed by atoms with Crippen LogP contribution in [0.25, 0.3) is 11.0 Å². The summed E-state index contributed by atoms with van der Waals surface area (Å²) in [6.07, 6.45) is 2.58. The number of halogens is 1. The lowest BCUT2D eigenvalue weighted by molar-refractivity contribution is 0.0936. The molecular weight excluding hydrogens is 243 g/mol. The topological polar surface area (TPSA) is 30.2 Å². The standard InChI is InChI=1S/C16H19FO2/c1-4-5-10(2)8-14(18)16-11(3)13-9-12(17)6-7-15(13)19-16/h6-7,9-10H,4-5,8H2,1-3H3. The van der Waals surface area contributed by atoms with E-state index >= 15 is 0 Å². The molecule has 0 radical (unpaired) electrons. The molecule has 1 unspecified atom stereocenters. The number of carbonyl (C=O) groups is 1. The third-order valence-corrected chi connectivity index (χ3v) is 3.47. The van der Waals surface area contributed by atoms with Gasteiger partial charge in [-0.1, -0.05) is 26.7 Å². The van der Waals surface area contributed by atoms with Gasteiger partial charge in [0.15, 0.2) is 11.5 Å². The van der Waals surface area contributed by atoms with E-state index in [-0.39, 0.29) is 11.6 Å². The molecule has 2 nitrogen and oxygen atoms in total. The average Bonchev–Trinajstić information content (AvgIpc) is 2.67. The first-order chi connectivity index (χ1) is 9.02. The molecule has 0 amide bonds. The van der Waals surface area contributed by atoms with Crippen LogP contribution in [0.4, 0.5) is 4.39 Å². The number of benzene rings is 1. The van der Waals surface area contributed by atoms with Gasteiger partial charge in [-0.15, -0.1) is 0 Å². The van der Waals surface area contributed by atoms with Gasteiger partial charge in [0.1, 0.15) is 11.4 Å². The summed E-state index contributed by atoms with van der Waals surface area (Å²) in [6.45, 7) is 5.98. The van der Waals surface area contributed by atoms with Gasteiger partial charge in [0.25, 0.3) is 0 Å². The van der Waals surface area contributed by atoms with Gasteiger partial charge >= 0.3 is 0 Å². The second-order valence-corrected chi connectivity index (χ2v) is 5.22. The molecule has 1 aromatic carbocycles. The third-order valence-electron chi connectivity index (χ3n) is 3.47. The fourth-order valence-electron chi connectivity index (χ4n) is 2.46. The molecule has 0 fully saturated rings. The van der Waals surface area contributed by atoms with Crippen molar-refractivity contribution >= 4 is 16.8 Å². The Morgan fingerprint density at radius 3 is 2.84 bits per heavy atom. The first-order valence-corrected chi connectivity index (χ1v) is 6.74. The lowest BCUT2D eigenvalue weighted by Gasteiger charge is -2.07. The summed E-state index contributed by atoms with van der Waals surface area (Å²) in [5, 5.41) is 0.687. The number of hydrogen-bond acceptors (Lipinski definition) is 2. The molecule has 2 aromatic rings. The van der Waals surface area contributed by atoms with Gasteiger partial charge in [-0.3, -0.25) is 4.79 Å².